The Labute approximate surface area is 648 Å². The van der Waals surface area contributed by atoms with Crippen molar-refractivity contribution in [2.24, 2.45) is 0 Å². The van der Waals surface area contributed by atoms with E-state index in [2.05, 4.69) is 165 Å². The molecule has 1 aromatic rings. The molecule has 0 aliphatic carbocycles. The molecule has 1 aromatic carbocycles. The number of hydrogen-bond acceptors (Lipinski definition) is 14. The Morgan fingerprint density at radius 2 is 0.589 bits per heavy atom. The number of hydrogen-bond donors (Lipinski definition) is 4. The van der Waals surface area contributed by atoms with Crippen LogP contribution in [-0.2, 0) is 43.0 Å². The first-order chi connectivity index (χ1) is 51.2. The molecule has 0 unspecified atom stereocenters. The molecule has 1 aliphatic rings. The molecule has 18 heteroatoms. The van der Waals surface area contributed by atoms with Gasteiger partial charge in [0.25, 0.3) is 5.91 Å². The summed E-state index contributed by atoms with van der Waals surface area (Å²) in [4.78, 5) is 101. The highest BCUT2D eigenvalue weighted by molar-refractivity contribution is 6.00. The van der Waals surface area contributed by atoms with E-state index in [0.29, 0.717) is 102 Å². The van der Waals surface area contributed by atoms with Crippen LogP contribution >= 0.6 is 0 Å². The number of nitrogens with one attached hydrogen (secondary N) is 4. The minimum atomic E-state index is -0.349. The maximum Gasteiger partial charge on any atom is 0.320 e. The van der Waals surface area contributed by atoms with Gasteiger partial charge in [0, 0.05) is 95.2 Å². The van der Waals surface area contributed by atoms with E-state index in [9.17, 15) is 33.6 Å². The highest BCUT2D eigenvalue weighted by Gasteiger charge is 2.23. The molecular formula is C89H144N8O10. The van der Waals surface area contributed by atoms with E-state index >= 15 is 0 Å². The number of esters is 3. The van der Waals surface area contributed by atoms with Gasteiger partial charge in [0.05, 0.1) is 46.0 Å². The van der Waals surface area contributed by atoms with Crippen LogP contribution in [0.15, 0.2) is 135 Å². The van der Waals surface area contributed by atoms with E-state index < -0.39 is 0 Å². The Morgan fingerprint density at radius 1 is 0.318 bits per heavy atom. The largest absolute Gasteiger partial charge is 0.465 e. The summed E-state index contributed by atoms with van der Waals surface area (Å²) in [5.74, 6) is -1.87. The van der Waals surface area contributed by atoms with Crippen molar-refractivity contribution >= 4 is 52.9 Å². The van der Waals surface area contributed by atoms with Gasteiger partial charge in [-0.15, -0.1) is 0 Å². The van der Waals surface area contributed by atoms with Gasteiger partial charge in [-0.25, -0.2) is 0 Å². The molecule has 600 valence electrons. The summed E-state index contributed by atoms with van der Waals surface area (Å²) in [6.45, 7) is 37.1. The van der Waals surface area contributed by atoms with Gasteiger partial charge in [0.15, 0.2) is 0 Å². The third-order valence-corrected chi connectivity index (χ3v) is 18.9. The first-order valence-corrected chi connectivity index (χ1v) is 40.4. The summed E-state index contributed by atoms with van der Waals surface area (Å²) >= 11 is 0. The van der Waals surface area contributed by atoms with Crippen LogP contribution < -0.4 is 21.3 Å². The zero-order valence-electron chi connectivity index (χ0n) is 69.4. The van der Waals surface area contributed by atoms with Crippen molar-refractivity contribution in [2.75, 3.05) is 122 Å². The Bertz CT molecular complexity index is 2980. The van der Waals surface area contributed by atoms with Crippen LogP contribution in [0.1, 0.15) is 268 Å². The van der Waals surface area contributed by atoms with Crippen LogP contribution in [0.2, 0.25) is 0 Å². The Kier molecular flexibility index (Phi) is 53.4. The molecule has 0 bridgehead atoms. The normalized spacial score (nSPS) is 14.9. The monoisotopic (exact) mass is 1490 g/mol. The number of nitrogens with zero attached hydrogens (tertiary/aromatic N) is 4. The molecule has 107 heavy (non-hydrogen) atoms. The summed E-state index contributed by atoms with van der Waals surface area (Å²) in [7, 11) is 0. The summed E-state index contributed by atoms with van der Waals surface area (Å²) < 4.78 is 15.8. The SMILES string of the molecule is CCOC(=O)CN1CCN(CC(=O)NCCCCCCNC(=O)c2cc(NC(=O)CC/C(C)=C/CC/C(C)=C/CC/C=C(\C)CC/C=C(\C)CCC=C(C)C)cc(NC(=O)CC/C(C)=C/CC/C(C)=C/CC/C=C(\C)CC/C=C(\C)CCC=C(C)C)c2)CCN(CC(=O)OCC)CCN(CC(=O)OCC)CC1. The molecule has 1 fully saturated rings. The fraction of sp³-hybridized carbons (Fsp3) is 0.629. The molecule has 1 aliphatic heterocycles. The van der Waals surface area contributed by atoms with Gasteiger partial charge in [-0.1, -0.05) is 129 Å². The minimum Gasteiger partial charge on any atom is -0.465 e. The lowest BCUT2D eigenvalue weighted by Crippen LogP contribution is -2.50. The maximum atomic E-state index is 13.9. The third kappa shape index (κ3) is 52.5. The zero-order chi connectivity index (χ0) is 79.0. The average Bonchev–Trinajstić information content (AvgIpc) is 0.842. The van der Waals surface area contributed by atoms with Crippen LogP contribution in [0.25, 0.3) is 0 Å². The van der Waals surface area contributed by atoms with Crippen molar-refractivity contribution in [3.05, 3.63) is 140 Å². The van der Waals surface area contributed by atoms with Crippen LogP contribution in [0, 0.1) is 0 Å². The van der Waals surface area contributed by atoms with Crippen molar-refractivity contribution in [1.29, 1.82) is 0 Å². The van der Waals surface area contributed by atoms with Crippen molar-refractivity contribution in [2.45, 2.75) is 258 Å². The van der Waals surface area contributed by atoms with Gasteiger partial charge in [-0.2, -0.15) is 0 Å². The van der Waals surface area contributed by atoms with Crippen LogP contribution in [0.5, 0.6) is 0 Å². The number of anilines is 2. The minimum absolute atomic E-state index is 0.0642. The first-order valence-electron chi connectivity index (χ1n) is 40.4. The second-order valence-corrected chi connectivity index (χ2v) is 29.8. The van der Waals surface area contributed by atoms with E-state index in [1.165, 1.54) is 44.6 Å². The molecule has 0 aromatic heterocycles. The van der Waals surface area contributed by atoms with E-state index in [1.807, 2.05) is 19.6 Å². The van der Waals surface area contributed by atoms with Crippen molar-refractivity contribution in [3.8, 4) is 0 Å². The van der Waals surface area contributed by atoms with E-state index in [-0.39, 0.29) is 100 Å². The number of rotatable bonds is 51. The number of ether oxygens (including phenoxy) is 3. The lowest BCUT2D eigenvalue weighted by Gasteiger charge is -2.33. The predicted molar refractivity (Wildman–Crippen MR) is 444 cm³/mol. The quantitative estimate of drug-likeness (QED) is 0.0207. The highest BCUT2D eigenvalue weighted by atomic mass is 16.5. The number of amides is 4. The number of carbonyl (C=O) groups is 7. The molecule has 0 spiro atoms. The molecule has 0 atom stereocenters. The Balaban J connectivity index is 2.08. The van der Waals surface area contributed by atoms with Crippen molar-refractivity contribution in [3.63, 3.8) is 0 Å². The lowest BCUT2D eigenvalue weighted by atomic mass is 10.0. The zero-order valence-corrected chi connectivity index (χ0v) is 69.4. The predicted octanol–water partition coefficient (Wildman–Crippen LogP) is 18.2. The standard InChI is InChI=1S/C89H144N8O10/c1-16-105-86(101)67-95-57-55-94(56-58-96(68-87(102)106-17-2)60-62-97(61-59-95)69-88(103)107-18-3)66-85(100)90-53-25-19-20-26-54-91-89(104)80-63-81(92-83(98)51-49-78(14)47-31-43-74(10)37-23-21-35-72(8)41-29-45-76(12)39-27-33-70(4)5)65-82(64-80)93-84(99)52-50-79(15)48-32-44-75(11)38-24-22-36-73(9)42-30-46-77(13)40-28-34-71(6)7/h33-38,45-48,63-65H,16-32,39-44,49-62,66-69H2,1-15H3,(H,90,100)(H,91,104)(H,92,98)(H,93,99)/b72-35+,73-36+,74-37+,75-38+,76-45+,77-46+,78-47+,79-48+. The van der Waals surface area contributed by atoms with Crippen LogP contribution in [-0.4, -0.2) is 173 Å². The van der Waals surface area contributed by atoms with E-state index in [4.69, 9.17) is 14.2 Å². The van der Waals surface area contributed by atoms with Crippen molar-refractivity contribution in [1.82, 2.24) is 30.2 Å². The number of carbonyl (C=O) groups excluding carboxylic acids is 7. The number of unbranched alkanes of at least 4 members (excludes halogenated alkanes) is 5. The fourth-order valence-electron chi connectivity index (χ4n) is 12.2. The van der Waals surface area contributed by atoms with Crippen LogP contribution in [0.4, 0.5) is 11.4 Å². The lowest BCUT2D eigenvalue weighted by molar-refractivity contribution is -0.146. The average molecular weight is 1490 g/mol. The molecule has 1 saturated heterocycles. The van der Waals surface area contributed by atoms with E-state index in [1.54, 1.807) is 39.0 Å². The van der Waals surface area contributed by atoms with Gasteiger partial charge in [0.2, 0.25) is 17.7 Å². The molecule has 0 radical (unpaired) electrons. The second-order valence-electron chi connectivity index (χ2n) is 29.8. The van der Waals surface area contributed by atoms with E-state index in [0.717, 1.165) is 133 Å². The smallest absolute Gasteiger partial charge is 0.320 e. The van der Waals surface area contributed by atoms with Gasteiger partial charge < -0.3 is 35.5 Å². The van der Waals surface area contributed by atoms with Gasteiger partial charge in [0.1, 0.15) is 0 Å². The first kappa shape index (κ1) is 95.8. The summed E-state index contributed by atoms with van der Waals surface area (Å²) in [5, 5.41) is 12.2. The molecule has 4 amide bonds. The number of allylic oxidation sites excluding steroid dienone is 20. The maximum absolute atomic E-state index is 13.9. The van der Waals surface area contributed by atoms with Crippen LogP contribution in [0.3, 0.4) is 0 Å². The van der Waals surface area contributed by atoms with Crippen molar-refractivity contribution < 1.29 is 47.8 Å². The summed E-state index contributed by atoms with van der Waals surface area (Å²) in [6, 6.07) is 5.03. The molecule has 4 N–H and O–H groups in total. The molecule has 1 heterocycles. The molecular weight excluding hydrogens is 1340 g/mol. The fourth-order valence-corrected chi connectivity index (χ4v) is 12.2. The van der Waals surface area contributed by atoms with Gasteiger partial charge >= 0.3 is 17.9 Å². The topological polar surface area (TPSA) is 208 Å². The molecule has 18 nitrogen and oxygen atoms in total. The summed E-state index contributed by atoms with van der Waals surface area (Å²) in [5.41, 5.74) is 14.8. The van der Waals surface area contributed by atoms with Gasteiger partial charge in [-0.05, 0) is 250 Å². The third-order valence-electron chi connectivity index (χ3n) is 18.9. The summed E-state index contributed by atoms with van der Waals surface area (Å²) in [6.07, 6.45) is 44.8. The molecule has 2 rings (SSSR count). The van der Waals surface area contributed by atoms with Gasteiger partial charge in [-0.3, -0.25) is 53.2 Å². The second kappa shape index (κ2) is 59.7. The Hall–Kier alpha value is -7.25. The highest BCUT2D eigenvalue weighted by Crippen LogP contribution is 2.23. The number of benzene rings is 1. The molecule has 0 saturated carbocycles. The Morgan fingerprint density at radius 3 is 0.888 bits per heavy atom.